The largest absolute Gasteiger partial charge is 0.301 e. The van der Waals surface area contributed by atoms with Crippen LogP contribution in [0, 0.1) is 0 Å². The van der Waals surface area contributed by atoms with Crippen molar-refractivity contribution in [2.45, 2.75) is 6.04 Å². The number of amides is 1. The molecule has 1 amide bonds. The quantitative estimate of drug-likeness (QED) is 0.727. The lowest BCUT2D eigenvalue weighted by Gasteiger charge is -2.07. The summed E-state index contributed by atoms with van der Waals surface area (Å²) in [5.41, 5.74) is 2.07. The zero-order valence-corrected chi connectivity index (χ0v) is 15.2. The zero-order valence-electron chi connectivity index (χ0n) is 12.8. The van der Waals surface area contributed by atoms with Crippen LogP contribution in [0.25, 0.3) is 11.3 Å². The fraction of sp³-hybridized carbons (Fsp3) is 0.286. The number of rotatable bonds is 5. The molecule has 1 atom stereocenters. The van der Waals surface area contributed by atoms with E-state index in [0.29, 0.717) is 10.8 Å². The Balaban J connectivity index is 1.67. The van der Waals surface area contributed by atoms with Crippen LogP contribution in [0.2, 0.25) is 0 Å². The summed E-state index contributed by atoms with van der Waals surface area (Å²) in [6.45, 7) is 0. The first-order chi connectivity index (χ1) is 11.4. The van der Waals surface area contributed by atoms with E-state index in [1.165, 1.54) is 11.3 Å². The lowest BCUT2D eigenvalue weighted by Crippen LogP contribution is -2.37. The summed E-state index contributed by atoms with van der Waals surface area (Å²) in [4.78, 5) is 16.5. The van der Waals surface area contributed by atoms with Gasteiger partial charge in [0.2, 0.25) is 15.9 Å². The molecular weight excluding hydrogens is 368 g/mol. The molecule has 3 N–H and O–H groups in total. The third-order valence-electron chi connectivity index (χ3n) is 3.25. The highest BCUT2D eigenvalue weighted by atomic mass is 32.2. The highest BCUT2D eigenvalue weighted by Crippen LogP contribution is 2.26. The third kappa shape index (κ3) is 4.47. The Morgan fingerprint density at radius 1 is 1.33 bits per heavy atom. The molecule has 1 saturated heterocycles. The van der Waals surface area contributed by atoms with Gasteiger partial charge >= 0.3 is 0 Å². The number of carbonyl (C=O) groups is 1. The van der Waals surface area contributed by atoms with Crippen LogP contribution in [0.4, 0.5) is 10.8 Å². The summed E-state index contributed by atoms with van der Waals surface area (Å²) in [5, 5.41) is 8.33. The van der Waals surface area contributed by atoms with Crippen molar-refractivity contribution in [3.05, 3.63) is 29.6 Å². The van der Waals surface area contributed by atoms with Gasteiger partial charge in [-0.2, -0.15) is 0 Å². The maximum Gasteiger partial charge on any atom is 0.244 e. The Morgan fingerprint density at radius 3 is 2.71 bits per heavy atom. The van der Waals surface area contributed by atoms with Gasteiger partial charge in [-0.1, -0.05) is 12.1 Å². The van der Waals surface area contributed by atoms with Gasteiger partial charge in [0.05, 0.1) is 18.0 Å². The third-order valence-corrected chi connectivity index (χ3v) is 5.56. The van der Waals surface area contributed by atoms with E-state index >= 15 is 0 Å². The van der Waals surface area contributed by atoms with Gasteiger partial charge in [-0.05, 0) is 12.1 Å². The number of nitrogens with zero attached hydrogens (tertiary/aromatic N) is 1. The van der Waals surface area contributed by atoms with Crippen LogP contribution in [0.5, 0.6) is 0 Å². The smallest absolute Gasteiger partial charge is 0.244 e. The average molecular weight is 385 g/mol. The number of aromatic nitrogens is 1. The first-order valence-electron chi connectivity index (χ1n) is 7.06. The van der Waals surface area contributed by atoms with E-state index in [9.17, 15) is 13.2 Å². The second-order valence-electron chi connectivity index (χ2n) is 5.25. The Morgan fingerprint density at radius 2 is 2.08 bits per heavy atom. The van der Waals surface area contributed by atoms with E-state index in [0.717, 1.165) is 29.1 Å². The summed E-state index contributed by atoms with van der Waals surface area (Å²) in [7, 11) is -3.29. The Hall–Kier alpha value is -1.62. The lowest BCUT2D eigenvalue weighted by molar-refractivity contribution is -0.117. The second-order valence-corrected chi connectivity index (χ2v) is 8.89. The molecular formula is C14H16N4O3S3. The molecule has 0 spiro atoms. The predicted molar refractivity (Wildman–Crippen MR) is 98.9 cm³/mol. The summed E-state index contributed by atoms with van der Waals surface area (Å²) >= 11 is 3.05. The van der Waals surface area contributed by atoms with Gasteiger partial charge in [0.1, 0.15) is 0 Å². The highest BCUT2D eigenvalue weighted by Gasteiger charge is 2.23. The Bertz CT molecular complexity index is 827. The van der Waals surface area contributed by atoms with Gasteiger partial charge in [0, 0.05) is 28.3 Å². The first-order valence-corrected chi connectivity index (χ1v) is 11.0. The molecule has 2 aromatic rings. The highest BCUT2D eigenvalue weighted by molar-refractivity contribution is 7.99. The summed E-state index contributed by atoms with van der Waals surface area (Å²) in [6, 6.07) is 6.73. The summed E-state index contributed by atoms with van der Waals surface area (Å²) < 4.78 is 24.8. The topological polar surface area (TPSA) is 100 Å². The number of benzene rings is 1. The number of anilines is 2. The zero-order chi connectivity index (χ0) is 17.2. The molecule has 24 heavy (non-hydrogen) atoms. The second kappa shape index (κ2) is 7.09. The number of carbonyl (C=O) groups excluding carboxylic acids is 1. The molecule has 0 radical (unpaired) electrons. The normalized spacial score (nSPS) is 17.6. The fourth-order valence-corrected chi connectivity index (χ4v) is 4.37. The summed E-state index contributed by atoms with van der Waals surface area (Å²) in [5.74, 6) is 1.47. The predicted octanol–water partition coefficient (Wildman–Crippen LogP) is 1.78. The minimum Gasteiger partial charge on any atom is -0.301 e. The molecule has 1 aromatic carbocycles. The minimum absolute atomic E-state index is 0.0754. The molecule has 0 bridgehead atoms. The number of sulfonamides is 1. The van der Waals surface area contributed by atoms with Crippen molar-refractivity contribution >= 4 is 49.8 Å². The van der Waals surface area contributed by atoms with Crippen molar-refractivity contribution < 1.29 is 13.2 Å². The molecule has 3 rings (SSSR count). The van der Waals surface area contributed by atoms with E-state index in [1.54, 1.807) is 36.0 Å². The Labute approximate surface area is 148 Å². The van der Waals surface area contributed by atoms with Gasteiger partial charge in [-0.25, -0.2) is 13.4 Å². The number of thioether (sulfide) groups is 1. The standard InChI is InChI=1S/C14H16N4O3S3/c1-24(20,21)18-10-4-2-9(3-5-10)11-7-23-14(16-11)17-13(19)12-6-22-8-15-12/h2-5,7,12,15,18H,6,8H2,1H3,(H,16,17,19). The SMILES string of the molecule is CS(=O)(=O)Nc1ccc(-c2csc(NC(=O)C3CSCN3)n2)cc1. The molecule has 128 valence electrons. The van der Waals surface area contributed by atoms with E-state index in [4.69, 9.17) is 0 Å². The van der Waals surface area contributed by atoms with Crippen LogP contribution >= 0.6 is 23.1 Å². The van der Waals surface area contributed by atoms with Crippen LogP contribution in [0.3, 0.4) is 0 Å². The van der Waals surface area contributed by atoms with Crippen molar-refractivity contribution in [2.24, 2.45) is 0 Å². The molecule has 1 aliphatic heterocycles. The number of nitrogens with one attached hydrogen (secondary N) is 3. The van der Waals surface area contributed by atoms with E-state index in [1.807, 2.05) is 5.38 Å². The molecule has 2 heterocycles. The summed E-state index contributed by atoms with van der Waals surface area (Å²) in [6.07, 6.45) is 1.11. The van der Waals surface area contributed by atoms with Crippen molar-refractivity contribution in [3.8, 4) is 11.3 Å². The van der Waals surface area contributed by atoms with Gasteiger partial charge in [0.15, 0.2) is 5.13 Å². The van der Waals surface area contributed by atoms with Gasteiger partial charge in [0.25, 0.3) is 0 Å². The number of hydrogen-bond acceptors (Lipinski definition) is 7. The molecule has 1 fully saturated rings. The van der Waals surface area contributed by atoms with Crippen molar-refractivity contribution in [1.29, 1.82) is 0 Å². The van der Waals surface area contributed by atoms with E-state index in [2.05, 4.69) is 20.3 Å². The van der Waals surface area contributed by atoms with Crippen molar-refractivity contribution in [3.63, 3.8) is 0 Å². The lowest BCUT2D eigenvalue weighted by atomic mass is 10.1. The van der Waals surface area contributed by atoms with Crippen molar-refractivity contribution in [1.82, 2.24) is 10.3 Å². The first kappa shape index (κ1) is 17.2. The fourth-order valence-electron chi connectivity index (χ4n) is 2.14. The van der Waals surface area contributed by atoms with Gasteiger partial charge < -0.3 is 5.32 Å². The average Bonchev–Trinajstić information content (AvgIpc) is 3.17. The molecule has 1 unspecified atom stereocenters. The van der Waals surface area contributed by atoms with Crippen LogP contribution < -0.4 is 15.4 Å². The maximum absolute atomic E-state index is 12.1. The molecule has 0 saturated carbocycles. The van der Waals surface area contributed by atoms with Crippen LogP contribution in [0.1, 0.15) is 0 Å². The maximum atomic E-state index is 12.1. The van der Waals surface area contributed by atoms with Crippen LogP contribution in [-0.4, -0.2) is 43.2 Å². The number of thiazole rings is 1. The number of hydrogen-bond donors (Lipinski definition) is 3. The van der Waals surface area contributed by atoms with Crippen molar-refractivity contribution in [2.75, 3.05) is 27.9 Å². The minimum atomic E-state index is -3.29. The van der Waals surface area contributed by atoms with E-state index in [-0.39, 0.29) is 11.9 Å². The van der Waals surface area contributed by atoms with Gasteiger partial charge in [-0.15, -0.1) is 23.1 Å². The van der Waals surface area contributed by atoms with Crippen LogP contribution in [0.15, 0.2) is 29.6 Å². The van der Waals surface area contributed by atoms with E-state index < -0.39 is 10.0 Å². The molecule has 1 aromatic heterocycles. The molecule has 0 aliphatic carbocycles. The van der Waals surface area contributed by atoms with Crippen LogP contribution in [-0.2, 0) is 14.8 Å². The monoisotopic (exact) mass is 384 g/mol. The molecule has 7 nitrogen and oxygen atoms in total. The molecule has 10 heteroatoms. The Kier molecular flexibility index (Phi) is 5.09. The molecule has 1 aliphatic rings. The van der Waals surface area contributed by atoms with Gasteiger partial charge in [-0.3, -0.25) is 14.8 Å².